The molecule has 7 heteroatoms. The van der Waals surface area contributed by atoms with E-state index in [1.54, 1.807) is 17.0 Å². The zero-order valence-electron chi connectivity index (χ0n) is 24.4. The van der Waals surface area contributed by atoms with Crippen LogP contribution in [0.15, 0.2) is 97.1 Å². The van der Waals surface area contributed by atoms with E-state index in [0.29, 0.717) is 54.9 Å². The largest absolute Gasteiger partial charge is 0.494 e. The lowest BCUT2D eigenvalue weighted by Gasteiger charge is -2.30. The van der Waals surface area contributed by atoms with E-state index >= 15 is 0 Å². The third-order valence-corrected chi connectivity index (χ3v) is 7.83. The van der Waals surface area contributed by atoms with Crippen molar-refractivity contribution < 1.29 is 24.2 Å². The summed E-state index contributed by atoms with van der Waals surface area (Å²) in [5.74, 6) is -0.578. The van der Waals surface area contributed by atoms with Crippen LogP contribution >= 0.6 is 0 Å². The fourth-order valence-electron chi connectivity index (χ4n) is 5.63. The van der Waals surface area contributed by atoms with Crippen molar-refractivity contribution in [1.82, 2.24) is 9.80 Å². The van der Waals surface area contributed by atoms with Crippen LogP contribution in [0.2, 0.25) is 0 Å². The average molecular weight is 577 g/mol. The highest BCUT2D eigenvalue weighted by Gasteiger charge is 2.26. The number of carbonyl (C=O) groups is 3. The van der Waals surface area contributed by atoms with E-state index < -0.39 is 5.97 Å². The molecule has 0 bridgehead atoms. The molecule has 7 nitrogen and oxygen atoms in total. The van der Waals surface area contributed by atoms with Crippen molar-refractivity contribution in [2.24, 2.45) is 0 Å². The molecule has 0 saturated carbocycles. The van der Waals surface area contributed by atoms with Crippen LogP contribution in [0.5, 0.6) is 5.75 Å². The molecule has 0 radical (unpaired) electrons. The predicted octanol–water partition coefficient (Wildman–Crippen LogP) is 6.11. The van der Waals surface area contributed by atoms with Gasteiger partial charge in [0.2, 0.25) is 0 Å². The summed E-state index contributed by atoms with van der Waals surface area (Å²) >= 11 is 0. The van der Waals surface area contributed by atoms with Crippen LogP contribution in [-0.4, -0.2) is 58.9 Å². The minimum atomic E-state index is -0.972. The van der Waals surface area contributed by atoms with Gasteiger partial charge < -0.3 is 19.6 Å². The van der Waals surface area contributed by atoms with Gasteiger partial charge >= 0.3 is 5.97 Å². The minimum Gasteiger partial charge on any atom is -0.494 e. The smallest absolute Gasteiger partial charge is 0.305 e. The van der Waals surface area contributed by atoms with Crippen molar-refractivity contribution >= 4 is 17.8 Å². The molecule has 1 aliphatic heterocycles. The van der Waals surface area contributed by atoms with Gasteiger partial charge in [-0.2, -0.15) is 0 Å². The van der Waals surface area contributed by atoms with E-state index in [4.69, 9.17) is 4.74 Å². The summed E-state index contributed by atoms with van der Waals surface area (Å²) in [6.07, 6.45) is 1.13. The van der Waals surface area contributed by atoms with Crippen molar-refractivity contribution in [2.45, 2.75) is 32.7 Å². The SMILES string of the molecule is CCOc1ccccc1CCN(CCC(=O)O)C(=O)c1ccccc1-c1ccccc1C(=O)N1CCc2ccccc2C1. The van der Waals surface area contributed by atoms with Crippen molar-refractivity contribution in [3.63, 3.8) is 0 Å². The first-order valence-electron chi connectivity index (χ1n) is 14.7. The molecule has 43 heavy (non-hydrogen) atoms. The van der Waals surface area contributed by atoms with Gasteiger partial charge in [-0.05, 0) is 65.8 Å². The Morgan fingerprint density at radius 1 is 0.791 bits per heavy atom. The highest BCUT2D eigenvalue weighted by Crippen LogP contribution is 2.31. The zero-order valence-corrected chi connectivity index (χ0v) is 24.4. The summed E-state index contributed by atoms with van der Waals surface area (Å²) in [5, 5.41) is 9.43. The molecule has 0 aromatic heterocycles. The number of nitrogens with zero attached hydrogens (tertiary/aromatic N) is 2. The Labute approximate surface area is 252 Å². The number of benzene rings is 4. The number of amides is 2. The lowest BCUT2D eigenvalue weighted by atomic mass is 9.93. The molecule has 220 valence electrons. The number of carboxylic acids is 1. The number of carbonyl (C=O) groups excluding carboxylic acids is 2. The molecule has 0 saturated heterocycles. The van der Waals surface area contributed by atoms with Gasteiger partial charge in [0.05, 0.1) is 13.0 Å². The monoisotopic (exact) mass is 576 g/mol. The number of para-hydroxylation sites is 1. The summed E-state index contributed by atoms with van der Waals surface area (Å²) in [6.45, 7) is 3.98. The van der Waals surface area contributed by atoms with Crippen molar-refractivity contribution in [2.75, 3.05) is 26.2 Å². The summed E-state index contributed by atoms with van der Waals surface area (Å²) in [6, 6.07) is 30.5. The van der Waals surface area contributed by atoms with Gasteiger partial charge in [0.25, 0.3) is 11.8 Å². The first-order valence-corrected chi connectivity index (χ1v) is 14.7. The van der Waals surface area contributed by atoms with Crippen LogP contribution in [0.1, 0.15) is 50.8 Å². The molecule has 0 spiro atoms. The van der Waals surface area contributed by atoms with E-state index in [1.807, 2.05) is 84.6 Å². The van der Waals surface area contributed by atoms with Gasteiger partial charge in [-0.25, -0.2) is 0 Å². The molecular formula is C36H36N2O5. The van der Waals surface area contributed by atoms with Crippen LogP contribution in [0, 0.1) is 0 Å². The molecule has 0 atom stereocenters. The maximum absolute atomic E-state index is 14.1. The Bertz CT molecular complexity index is 1610. The van der Waals surface area contributed by atoms with E-state index in [-0.39, 0.29) is 24.8 Å². The molecule has 5 rings (SSSR count). The van der Waals surface area contributed by atoms with Crippen LogP contribution in [0.3, 0.4) is 0 Å². The van der Waals surface area contributed by atoms with E-state index in [9.17, 15) is 19.5 Å². The highest BCUT2D eigenvalue weighted by atomic mass is 16.5. The fraction of sp³-hybridized carbons (Fsp3) is 0.250. The Hall–Kier alpha value is -4.91. The molecule has 0 aliphatic carbocycles. The number of aliphatic carboxylic acids is 1. The number of hydrogen-bond acceptors (Lipinski definition) is 4. The van der Waals surface area contributed by atoms with Crippen molar-refractivity contribution in [3.05, 3.63) is 125 Å². The van der Waals surface area contributed by atoms with Crippen molar-refractivity contribution in [3.8, 4) is 16.9 Å². The number of rotatable bonds is 11. The molecular weight excluding hydrogens is 540 g/mol. The summed E-state index contributed by atoms with van der Waals surface area (Å²) in [7, 11) is 0. The number of ether oxygens (including phenoxy) is 1. The van der Waals surface area contributed by atoms with Gasteiger partial charge in [0, 0.05) is 37.3 Å². The standard InChI is InChI=1S/C36H36N2O5/c1-2-43-33-18-10-5-12-27(33)20-22-37(24-21-34(39)40)35(41)31-16-8-6-14-29(31)30-15-7-9-17-32(30)36(42)38-23-19-26-11-3-4-13-28(26)25-38/h3-18H,2,19-25H2,1H3,(H,39,40). The summed E-state index contributed by atoms with van der Waals surface area (Å²) in [4.78, 5) is 43.0. The molecule has 2 amide bonds. The third-order valence-electron chi connectivity index (χ3n) is 7.83. The minimum absolute atomic E-state index is 0.0626. The molecule has 4 aromatic carbocycles. The molecule has 1 aliphatic rings. The second kappa shape index (κ2) is 13.8. The maximum Gasteiger partial charge on any atom is 0.305 e. The van der Waals surface area contributed by atoms with Crippen LogP contribution in [0.4, 0.5) is 0 Å². The van der Waals surface area contributed by atoms with Crippen LogP contribution in [0.25, 0.3) is 11.1 Å². The molecule has 0 fully saturated rings. The third kappa shape index (κ3) is 6.95. The van der Waals surface area contributed by atoms with Crippen LogP contribution in [-0.2, 0) is 24.2 Å². The lowest BCUT2D eigenvalue weighted by Crippen LogP contribution is -2.36. The predicted molar refractivity (Wildman–Crippen MR) is 166 cm³/mol. The Morgan fingerprint density at radius 2 is 1.42 bits per heavy atom. The summed E-state index contributed by atoms with van der Waals surface area (Å²) in [5.41, 5.74) is 5.64. The normalized spacial score (nSPS) is 12.3. The van der Waals surface area contributed by atoms with E-state index in [1.165, 1.54) is 5.56 Å². The van der Waals surface area contributed by atoms with E-state index in [2.05, 4.69) is 12.1 Å². The number of fused-ring (bicyclic) bond motifs is 1. The fourth-order valence-corrected chi connectivity index (χ4v) is 5.63. The second-order valence-corrected chi connectivity index (χ2v) is 10.6. The average Bonchev–Trinajstić information content (AvgIpc) is 3.04. The first-order chi connectivity index (χ1) is 21.0. The van der Waals surface area contributed by atoms with Gasteiger partial charge in [0.15, 0.2) is 0 Å². The Kier molecular flexibility index (Phi) is 9.52. The van der Waals surface area contributed by atoms with E-state index in [0.717, 1.165) is 23.3 Å². The number of hydrogen-bond donors (Lipinski definition) is 1. The van der Waals surface area contributed by atoms with Gasteiger partial charge in [-0.3, -0.25) is 14.4 Å². The highest BCUT2D eigenvalue weighted by molar-refractivity contribution is 6.06. The lowest BCUT2D eigenvalue weighted by molar-refractivity contribution is -0.137. The second-order valence-electron chi connectivity index (χ2n) is 10.6. The topological polar surface area (TPSA) is 87.1 Å². The molecule has 0 unspecified atom stereocenters. The molecule has 1 heterocycles. The number of carboxylic acid groups (broad SMARTS) is 1. The Balaban J connectivity index is 1.44. The zero-order chi connectivity index (χ0) is 30.2. The molecule has 1 N–H and O–H groups in total. The molecule has 4 aromatic rings. The Morgan fingerprint density at radius 3 is 2.16 bits per heavy atom. The van der Waals surface area contributed by atoms with Crippen molar-refractivity contribution in [1.29, 1.82) is 0 Å². The maximum atomic E-state index is 14.1. The van der Waals surface area contributed by atoms with Gasteiger partial charge in [-0.1, -0.05) is 78.9 Å². The quantitative estimate of drug-likeness (QED) is 0.233. The first kappa shape index (κ1) is 29.6. The van der Waals surface area contributed by atoms with Crippen LogP contribution < -0.4 is 4.74 Å². The van der Waals surface area contributed by atoms with Gasteiger partial charge in [-0.15, -0.1) is 0 Å². The van der Waals surface area contributed by atoms with Gasteiger partial charge in [0.1, 0.15) is 5.75 Å². The summed E-state index contributed by atoms with van der Waals surface area (Å²) < 4.78 is 5.76.